The van der Waals surface area contributed by atoms with Gasteiger partial charge in [0, 0.05) is 27.1 Å². The number of hydrogen-bond acceptors (Lipinski definition) is 5. The number of aromatic nitrogens is 4. The molecule has 1 aromatic carbocycles. The molecule has 2 heterocycles. The highest BCUT2D eigenvalue weighted by Crippen LogP contribution is 2.26. The largest absolute Gasteiger partial charge is 0.506 e. The predicted octanol–water partition coefficient (Wildman–Crippen LogP) is 3.80. The van der Waals surface area contributed by atoms with E-state index in [4.69, 9.17) is 12.2 Å². The zero-order chi connectivity index (χ0) is 16.4. The van der Waals surface area contributed by atoms with Gasteiger partial charge in [-0.3, -0.25) is 4.98 Å². The third-order valence-corrected chi connectivity index (χ3v) is 4.65. The van der Waals surface area contributed by atoms with Crippen molar-refractivity contribution in [2.75, 3.05) is 0 Å². The highest BCUT2D eigenvalue weighted by molar-refractivity contribution is 14.1. The zero-order valence-corrected chi connectivity index (χ0v) is 16.6. The van der Waals surface area contributed by atoms with Crippen molar-refractivity contribution in [3.8, 4) is 17.1 Å². The minimum absolute atomic E-state index is 0.188. The first-order valence-electron chi connectivity index (χ1n) is 6.36. The Morgan fingerprint density at radius 3 is 2.91 bits per heavy atom. The van der Waals surface area contributed by atoms with Crippen LogP contribution in [0.2, 0.25) is 0 Å². The molecule has 116 valence electrons. The van der Waals surface area contributed by atoms with Crippen LogP contribution in [0.3, 0.4) is 0 Å². The first-order valence-corrected chi connectivity index (χ1v) is 8.93. The number of aromatic amines is 1. The summed E-state index contributed by atoms with van der Waals surface area (Å²) in [5.74, 6) is 0.742. The van der Waals surface area contributed by atoms with Crippen molar-refractivity contribution < 1.29 is 5.11 Å². The Morgan fingerprint density at radius 2 is 2.17 bits per heavy atom. The van der Waals surface area contributed by atoms with Gasteiger partial charge in [-0.15, -0.1) is 0 Å². The van der Waals surface area contributed by atoms with E-state index in [0.717, 1.165) is 12.7 Å². The van der Waals surface area contributed by atoms with Crippen LogP contribution in [-0.4, -0.2) is 31.2 Å². The maximum atomic E-state index is 10.1. The van der Waals surface area contributed by atoms with E-state index < -0.39 is 0 Å². The van der Waals surface area contributed by atoms with Crippen molar-refractivity contribution >= 4 is 63.6 Å². The third kappa shape index (κ3) is 3.61. The molecule has 0 saturated heterocycles. The van der Waals surface area contributed by atoms with Gasteiger partial charge in [-0.05, 0) is 81.7 Å². The molecule has 23 heavy (non-hydrogen) atoms. The van der Waals surface area contributed by atoms with Gasteiger partial charge in [0.05, 0.1) is 9.78 Å². The maximum Gasteiger partial charge on any atom is 0.216 e. The fourth-order valence-corrected chi connectivity index (χ4v) is 3.95. The quantitative estimate of drug-likeness (QED) is 0.296. The lowest BCUT2D eigenvalue weighted by Gasteiger charge is -2.04. The van der Waals surface area contributed by atoms with E-state index in [1.165, 1.54) is 4.68 Å². The molecule has 3 aromatic rings. The Balaban J connectivity index is 2.05. The molecular weight excluding hydrogens is 540 g/mol. The number of nitrogens with one attached hydrogen (secondary N) is 1. The highest BCUT2D eigenvalue weighted by atomic mass is 127. The van der Waals surface area contributed by atoms with Gasteiger partial charge in [-0.25, -0.2) is 5.10 Å². The molecule has 0 fully saturated rings. The average Bonchev–Trinajstić information content (AvgIpc) is 2.91. The topological polar surface area (TPSA) is 79.1 Å². The molecule has 0 unspecified atom stereocenters. The van der Waals surface area contributed by atoms with Crippen LogP contribution >= 0.6 is 57.4 Å². The van der Waals surface area contributed by atoms with E-state index in [9.17, 15) is 5.11 Å². The van der Waals surface area contributed by atoms with Crippen LogP contribution in [0.4, 0.5) is 0 Å². The summed E-state index contributed by atoms with van der Waals surface area (Å²) in [7, 11) is 0. The van der Waals surface area contributed by atoms with E-state index in [1.807, 2.05) is 24.3 Å². The number of halogens is 2. The molecule has 6 nitrogen and oxygen atoms in total. The Hall–Kier alpha value is -1.34. The van der Waals surface area contributed by atoms with E-state index in [-0.39, 0.29) is 5.75 Å². The first kappa shape index (κ1) is 16.5. The van der Waals surface area contributed by atoms with Crippen molar-refractivity contribution in [2.24, 2.45) is 5.10 Å². The van der Waals surface area contributed by atoms with Crippen LogP contribution in [0.15, 0.2) is 41.8 Å². The molecule has 0 saturated carbocycles. The van der Waals surface area contributed by atoms with Gasteiger partial charge >= 0.3 is 0 Å². The lowest BCUT2D eigenvalue weighted by molar-refractivity contribution is 0.470. The second-order valence-electron chi connectivity index (χ2n) is 4.48. The summed E-state index contributed by atoms with van der Waals surface area (Å²) < 4.78 is 3.63. The van der Waals surface area contributed by atoms with E-state index in [0.29, 0.717) is 16.2 Å². The second kappa shape index (κ2) is 7.05. The molecule has 0 aliphatic rings. The molecular formula is C14H9I2N5OS. The average molecular weight is 549 g/mol. The van der Waals surface area contributed by atoms with Crippen molar-refractivity contribution in [1.29, 1.82) is 0 Å². The fraction of sp³-hybridized carbons (Fsp3) is 0. The third-order valence-electron chi connectivity index (χ3n) is 2.94. The lowest BCUT2D eigenvalue weighted by atomic mass is 10.2. The summed E-state index contributed by atoms with van der Waals surface area (Å²) in [5, 5.41) is 21.4. The van der Waals surface area contributed by atoms with Crippen LogP contribution in [-0.2, 0) is 0 Å². The molecule has 0 amide bonds. The van der Waals surface area contributed by atoms with Gasteiger partial charge in [0.2, 0.25) is 4.77 Å². The van der Waals surface area contributed by atoms with Gasteiger partial charge in [-0.1, -0.05) is 0 Å². The van der Waals surface area contributed by atoms with Crippen molar-refractivity contribution in [3.05, 3.63) is 54.1 Å². The van der Waals surface area contributed by atoms with Crippen molar-refractivity contribution in [3.63, 3.8) is 0 Å². The Kier molecular flexibility index (Phi) is 5.06. The summed E-state index contributed by atoms with van der Waals surface area (Å²) >= 11 is 9.49. The van der Waals surface area contributed by atoms with Crippen LogP contribution in [0.25, 0.3) is 11.4 Å². The van der Waals surface area contributed by atoms with Crippen LogP contribution in [0, 0.1) is 11.9 Å². The number of pyridine rings is 1. The molecule has 0 radical (unpaired) electrons. The summed E-state index contributed by atoms with van der Waals surface area (Å²) in [6, 6.07) is 7.41. The monoisotopic (exact) mass is 549 g/mol. The number of aromatic hydroxyl groups is 1. The molecule has 2 aromatic heterocycles. The van der Waals surface area contributed by atoms with Crippen LogP contribution in [0.5, 0.6) is 5.75 Å². The molecule has 2 N–H and O–H groups in total. The summed E-state index contributed by atoms with van der Waals surface area (Å²) in [4.78, 5) is 4.07. The Labute approximate surface area is 163 Å². The smallest absolute Gasteiger partial charge is 0.216 e. The number of phenols is 1. The number of nitrogens with zero attached hydrogens (tertiary/aromatic N) is 4. The first-order chi connectivity index (χ1) is 11.1. The molecule has 0 spiro atoms. The number of rotatable bonds is 3. The maximum absolute atomic E-state index is 10.1. The lowest BCUT2D eigenvalue weighted by Crippen LogP contribution is -1.96. The summed E-state index contributed by atoms with van der Waals surface area (Å²) in [5.41, 5.74) is 1.40. The van der Waals surface area contributed by atoms with E-state index >= 15 is 0 Å². The normalized spacial score (nSPS) is 11.2. The summed E-state index contributed by atoms with van der Waals surface area (Å²) in [6.45, 7) is 0. The number of phenolic OH excluding ortho intramolecular Hbond substituents is 1. The molecule has 9 heteroatoms. The number of hydrogen-bond donors (Lipinski definition) is 2. The van der Waals surface area contributed by atoms with Crippen LogP contribution in [0.1, 0.15) is 5.56 Å². The standard InChI is InChI=1S/C14H9I2N5OS/c15-10-4-9(12(22)11(16)5-10)7-18-21-13(19-20-14(21)23)8-2-1-3-17-6-8/h1-7,22H,(H,20,23). The minimum atomic E-state index is 0.188. The molecule has 0 atom stereocenters. The van der Waals surface area contributed by atoms with Crippen molar-refractivity contribution in [1.82, 2.24) is 19.9 Å². The van der Waals surface area contributed by atoms with Gasteiger partial charge in [0.1, 0.15) is 5.75 Å². The summed E-state index contributed by atoms with van der Waals surface area (Å²) in [6.07, 6.45) is 4.93. The molecule has 3 rings (SSSR count). The highest BCUT2D eigenvalue weighted by Gasteiger charge is 2.09. The second-order valence-corrected chi connectivity index (χ2v) is 7.27. The van der Waals surface area contributed by atoms with E-state index in [2.05, 4.69) is 65.5 Å². The van der Waals surface area contributed by atoms with Crippen molar-refractivity contribution in [2.45, 2.75) is 0 Å². The SMILES string of the molecule is Oc1c(I)cc(I)cc1C=Nn1c(-c2cccnc2)n[nH]c1=S. The Bertz CT molecular complexity index is 936. The fourth-order valence-electron chi connectivity index (χ4n) is 1.88. The van der Waals surface area contributed by atoms with Gasteiger partial charge in [0.15, 0.2) is 5.82 Å². The number of benzene rings is 1. The van der Waals surface area contributed by atoms with Gasteiger partial charge in [0.25, 0.3) is 0 Å². The number of H-pyrrole nitrogens is 1. The Morgan fingerprint density at radius 1 is 1.35 bits per heavy atom. The van der Waals surface area contributed by atoms with Gasteiger partial charge in [-0.2, -0.15) is 14.9 Å². The van der Waals surface area contributed by atoms with Crippen LogP contribution < -0.4 is 0 Å². The van der Waals surface area contributed by atoms with Gasteiger partial charge < -0.3 is 5.11 Å². The molecule has 0 aliphatic carbocycles. The molecule has 0 bridgehead atoms. The molecule has 0 aliphatic heterocycles. The zero-order valence-electron chi connectivity index (χ0n) is 11.4. The predicted molar refractivity (Wildman–Crippen MR) is 107 cm³/mol. The van der Waals surface area contributed by atoms with E-state index in [1.54, 1.807) is 18.6 Å². The minimum Gasteiger partial charge on any atom is -0.506 e.